The van der Waals surface area contributed by atoms with Crippen molar-refractivity contribution in [1.29, 1.82) is 0 Å². The molecular formula is C13H18O3S. The summed E-state index contributed by atoms with van der Waals surface area (Å²) in [6.07, 6.45) is 1.77. The van der Waals surface area contributed by atoms with E-state index in [2.05, 4.69) is 6.92 Å². The number of carbonyl (C=O) groups is 1. The maximum absolute atomic E-state index is 10.8. The molecule has 0 saturated carbocycles. The molecule has 0 saturated heterocycles. The van der Waals surface area contributed by atoms with Crippen LogP contribution in [0, 0.1) is 0 Å². The van der Waals surface area contributed by atoms with Gasteiger partial charge in [-0.25, -0.2) is 0 Å². The summed E-state index contributed by atoms with van der Waals surface area (Å²) in [5.74, 6) is 3.38. The van der Waals surface area contributed by atoms with Crippen molar-refractivity contribution in [3.05, 3.63) is 23.8 Å². The number of benzene rings is 1. The SMILES string of the molecule is CCSCCCOc1cccc(C=O)c1OC. The Hall–Kier alpha value is -1.16. The quantitative estimate of drug-likeness (QED) is 0.527. The number of thioether (sulfide) groups is 1. The molecule has 1 aromatic rings. The summed E-state index contributed by atoms with van der Waals surface area (Å²) in [5.41, 5.74) is 0.521. The standard InChI is InChI=1S/C13H18O3S/c1-3-17-9-5-8-16-12-7-4-6-11(10-14)13(12)15-2/h4,6-7,10H,3,5,8-9H2,1-2H3. The molecule has 4 heteroatoms. The number of ether oxygens (including phenoxy) is 2. The third-order valence-corrected chi connectivity index (χ3v) is 3.22. The molecule has 0 fully saturated rings. The second kappa shape index (κ2) is 8.01. The monoisotopic (exact) mass is 254 g/mol. The summed E-state index contributed by atoms with van der Waals surface area (Å²) in [5, 5.41) is 0. The number of methoxy groups -OCH3 is 1. The predicted octanol–water partition coefficient (Wildman–Crippen LogP) is 3.03. The van der Waals surface area contributed by atoms with Gasteiger partial charge in [0.25, 0.3) is 0 Å². The number of rotatable bonds is 8. The number of aldehydes is 1. The molecule has 0 atom stereocenters. The molecule has 3 nitrogen and oxygen atoms in total. The number of para-hydroxylation sites is 1. The highest BCUT2D eigenvalue weighted by atomic mass is 32.2. The average molecular weight is 254 g/mol. The van der Waals surface area contributed by atoms with Gasteiger partial charge in [0, 0.05) is 0 Å². The van der Waals surface area contributed by atoms with Crippen molar-refractivity contribution in [2.75, 3.05) is 25.2 Å². The van der Waals surface area contributed by atoms with E-state index in [1.807, 2.05) is 17.8 Å². The Kier molecular flexibility index (Phi) is 6.55. The van der Waals surface area contributed by atoms with E-state index in [1.54, 1.807) is 19.2 Å². The zero-order chi connectivity index (χ0) is 12.5. The van der Waals surface area contributed by atoms with E-state index in [0.717, 1.165) is 24.2 Å². The van der Waals surface area contributed by atoms with E-state index >= 15 is 0 Å². The highest BCUT2D eigenvalue weighted by Crippen LogP contribution is 2.29. The van der Waals surface area contributed by atoms with Crippen molar-refractivity contribution in [1.82, 2.24) is 0 Å². The van der Waals surface area contributed by atoms with E-state index in [4.69, 9.17) is 9.47 Å². The molecule has 0 spiro atoms. The van der Waals surface area contributed by atoms with Gasteiger partial charge in [0.05, 0.1) is 19.3 Å². The molecule has 0 aromatic heterocycles. The first-order valence-corrected chi connectivity index (χ1v) is 6.81. The molecule has 0 aliphatic rings. The zero-order valence-electron chi connectivity index (χ0n) is 10.3. The molecule has 0 radical (unpaired) electrons. The van der Waals surface area contributed by atoms with Crippen molar-refractivity contribution in [3.8, 4) is 11.5 Å². The van der Waals surface area contributed by atoms with Gasteiger partial charge in [-0.05, 0) is 30.1 Å². The van der Waals surface area contributed by atoms with Gasteiger partial charge in [-0.15, -0.1) is 0 Å². The summed E-state index contributed by atoms with van der Waals surface area (Å²) in [4.78, 5) is 10.8. The fourth-order valence-electron chi connectivity index (χ4n) is 1.45. The Bertz CT molecular complexity index is 353. The average Bonchev–Trinajstić information content (AvgIpc) is 2.38. The molecule has 0 aliphatic carbocycles. The summed E-state index contributed by atoms with van der Waals surface area (Å²) < 4.78 is 10.8. The Labute approximate surface area is 106 Å². The predicted molar refractivity (Wildman–Crippen MR) is 71.5 cm³/mol. The molecule has 1 rings (SSSR count). The smallest absolute Gasteiger partial charge is 0.171 e. The minimum absolute atomic E-state index is 0.519. The lowest BCUT2D eigenvalue weighted by Gasteiger charge is -2.11. The largest absolute Gasteiger partial charge is 0.492 e. The number of hydrogen-bond acceptors (Lipinski definition) is 4. The van der Waals surface area contributed by atoms with Crippen molar-refractivity contribution >= 4 is 18.0 Å². The van der Waals surface area contributed by atoms with E-state index in [9.17, 15) is 4.79 Å². The Morgan fingerprint density at radius 3 is 2.88 bits per heavy atom. The Morgan fingerprint density at radius 1 is 1.41 bits per heavy atom. The Balaban J connectivity index is 2.55. The molecular weight excluding hydrogens is 236 g/mol. The van der Waals surface area contributed by atoms with Crippen molar-refractivity contribution in [3.63, 3.8) is 0 Å². The van der Waals surface area contributed by atoms with Crippen LogP contribution >= 0.6 is 11.8 Å². The minimum Gasteiger partial charge on any atom is -0.492 e. The van der Waals surface area contributed by atoms with Crippen LogP contribution in [0.3, 0.4) is 0 Å². The maximum Gasteiger partial charge on any atom is 0.171 e. The van der Waals surface area contributed by atoms with Gasteiger partial charge >= 0.3 is 0 Å². The molecule has 17 heavy (non-hydrogen) atoms. The fraction of sp³-hybridized carbons (Fsp3) is 0.462. The van der Waals surface area contributed by atoms with Crippen LogP contribution in [0.25, 0.3) is 0 Å². The van der Waals surface area contributed by atoms with Crippen LogP contribution in [0.15, 0.2) is 18.2 Å². The molecule has 0 N–H and O–H groups in total. The topological polar surface area (TPSA) is 35.5 Å². The van der Waals surface area contributed by atoms with E-state index in [1.165, 1.54) is 0 Å². The van der Waals surface area contributed by atoms with Gasteiger partial charge in [-0.1, -0.05) is 13.0 Å². The normalized spacial score (nSPS) is 10.0. The molecule has 0 aliphatic heterocycles. The molecule has 1 aromatic carbocycles. The first-order valence-electron chi connectivity index (χ1n) is 5.66. The highest BCUT2D eigenvalue weighted by Gasteiger charge is 2.08. The number of carbonyl (C=O) groups excluding carboxylic acids is 1. The second-order valence-corrected chi connectivity index (χ2v) is 4.79. The molecule has 0 bridgehead atoms. The van der Waals surface area contributed by atoms with Gasteiger partial charge in [0.15, 0.2) is 17.8 Å². The van der Waals surface area contributed by atoms with Crippen LogP contribution < -0.4 is 9.47 Å². The lowest BCUT2D eigenvalue weighted by atomic mass is 10.2. The van der Waals surface area contributed by atoms with E-state index in [-0.39, 0.29) is 0 Å². The Morgan fingerprint density at radius 2 is 2.24 bits per heavy atom. The van der Waals surface area contributed by atoms with Crippen LogP contribution in [-0.4, -0.2) is 31.5 Å². The fourth-order valence-corrected chi connectivity index (χ4v) is 2.06. The van der Waals surface area contributed by atoms with Crippen molar-refractivity contribution < 1.29 is 14.3 Å². The lowest BCUT2D eigenvalue weighted by Crippen LogP contribution is -2.02. The lowest BCUT2D eigenvalue weighted by molar-refractivity contribution is 0.111. The van der Waals surface area contributed by atoms with Gasteiger partial charge in [0.1, 0.15) is 0 Å². The molecule has 0 unspecified atom stereocenters. The zero-order valence-corrected chi connectivity index (χ0v) is 11.1. The van der Waals surface area contributed by atoms with E-state index < -0.39 is 0 Å². The van der Waals surface area contributed by atoms with Crippen LogP contribution in [0.1, 0.15) is 23.7 Å². The first-order chi connectivity index (χ1) is 8.33. The first kappa shape index (κ1) is 13.9. The van der Waals surface area contributed by atoms with Gasteiger partial charge in [-0.3, -0.25) is 4.79 Å². The number of hydrogen-bond donors (Lipinski definition) is 0. The molecule has 0 amide bonds. The van der Waals surface area contributed by atoms with Crippen LogP contribution in [-0.2, 0) is 0 Å². The van der Waals surface area contributed by atoms with Crippen LogP contribution in [0.4, 0.5) is 0 Å². The van der Waals surface area contributed by atoms with Gasteiger partial charge < -0.3 is 9.47 Å². The van der Waals surface area contributed by atoms with Crippen LogP contribution in [0.5, 0.6) is 11.5 Å². The summed E-state index contributed by atoms with van der Waals surface area (Å²) in [6.45, 7) is 2.79. The maximum atomic E-state index is 10.8. The van der Waals surface area contributed by atoms with Crippen molar-refractivity contribution in [2.24, 2.45) is 0 Å². The van der Waals surface area contributed by atoms with Gasteiger partial charge in [-0.2, -0.15) is 11.8 Å². The van der Waals surface area contributed by atoms with Crippen molar-refractivity contribution in [2.45, 2.75) is 13.3 Å². The molecule has 0 heterocycles. The molecule has 94 valence electrons. The van der Waals surface area contributed by atoms with Crippen LogP contribution in [0.2, 0.25) is 0 Å². The van der Waals surface area contributed by atoms with E-state index in [0.29, 0.717) is 23.7 Å². The second-order valence-electron chi connectivity index (χ2n) is 3.40. The summed E-state index contributed by atoms with van der Waals surface area (Å²) in [7, 11) is 1.54. The minimum atomic E-state index is 0.519. The van der Waals surface area contributed by atoms with Gasteiger partial charge in [0.2, 0.25) is 0 Å². The summed E-state index contributed by atoms with van der Waals surface area (Å²) >= 11 is 1.89. The third-order valence-electron chi connectivity index (χ3n) is 2.24. The summed E-state index contributed by atoms with van der Waals surface area (Å²) in [6, 6.07) is 5.33. The highest BCUT2D eigenvalue weighted by molar-refractivity contribution is 7.99. The third kappa shape index (κ3) is 4.30.